The van der Waals surface area contributed by atoms with Gasteiger partial charge in [0, 0.05) is 6.54 Å². The van der Waals surface area contributed by atoms with E-state index in [4.69, 9.17) is 0 Å². The first-order valence-corrected chi connectivity index (χ1v) is 13.1. The van der Waals surface area contributed by atoms with E-state index in [1.54, 1.807) is 36.4 Å². The van der Waals surface area contributed by atoms with Crippen LogP contribution in [0.15, 0.2) is 53.4 Å². The Morgan fingerprint density at radius 1 is 1.00 bits per heavy atom. The van der Waals surface area contributed by atoms with Gasteiger partial charge in [-0.1, -0.05) is 76.8 Å². The van der Waals surface area contributed by atoms with Crippen LogP contribution in [0.2, 0.25) is 0 Å². The molecule has 1 atom stereocenters. The maximum absolute atomic E-state index is 13.5. The Morgan fingerprint density at radius 3 is 2.16 bits per heavy atom. The number of hydrogen-bond acceptors (Lipinski definition) is 3. The van der Waals surface area contributed by atoms with E-state index in [0.29, 0.717) is 24.1 Å². The second-order valence-electron chi connectivity index (χ2n) is 8.79. The third kappa shape index (κ3) is 7.09. The molecule has 0 radical (unpaired) electrons. The van der Waals surface area contributed by atoms with Crippen LogP contribution in [0.4, 0.5) is 5.69 Å². The van der Waals surface area contributed by atoms with Gasteiger partial charge in [-0.05, 0) is 55.0 Å². The first kappa shape index (κ1) is 25.9. The highest BCUT2D eigenvalue weighted by atomic mass is 32.2. The lowest BCUT2D eigenvalue weighted by molar-refractivity contribution is -0.119. The summed E-state index contributed by atoms with van der Waals surface area (Å²) in [5.74, 6) is 0.457. The molecule has 0 bridgehead atoms. The Bertz CT molecular complexity index is 952. The third-order valence-electron chi connectivity index (χ3n) is 5.88. The zero-order chi connectivity index (χ0) is 23.7. The van der Waals surface area contributed by atoms with Crippen LogP contribution >= 0.6 is 0 Å². The van der Waals surface area contributed by atoms with Crippen molar-refractivity contribution in [3.05, 3.63) is 59.7 Å². The fourth-order valence-corrected chi connectivity index (χ4v) is 4.99. The summed E-state index contributed by atoms with van der Waals surface area (Å²) in [5, 5.41) is 2.96. The number of aryl methyl sites for hydroxylation is 1. The Kier molecular flexibility index (Phi) is 9.76. The molecule has 0 aliphatic rings. The number of carbonyl (C=O) groups excluding carboxylic acids is 1. The van der Waals surface area contributed by atoms with E-state index in [2.05, 4.69) is 33.0 Å². The molecular weight excluding hydrogens is 420 g/mol. The average molecular weight is 459 g/mol. The lowest BCUT2D eigenvalue weighted by Gasteiger charge is -2.25. The number of nitrogens with one attached hydrogen (secondary N) is 1. The van der Waals surface area contributed by atoms with Gasteiger partial charge < -0.3 is 5.32 Å². The molecule has 0 aromatic heterocycles. The number of carbonyl (C=O) groups is 1. The summed E-state index contributed by atoms with van der Waals surface area (Å²) in [6.45, 7) is 10.7. The van der Waals surface area contributed by atoms with Gasteiger partial charge in [-0.3, -0.25) is 9.10 Å². The summed E-state index contributed by atoms with van der Waals surface area (Å²) in [5.41, 5.74) is 2.59. The number of rotatable bonds is 12. The minimum atomic E-state index is -3.88. The highest BCUT2D eigenvalue weighted by molar-refractivity contribution is 7.92. The molecule has 0 saturated carbocycles. The lowest BCUT2D eigenvalue weighted by atomic mass is 9.99. The van der Waals surface area contributed by atoms with Gasteiger partial charge >= 0.3 is 0 Å². The van der Waals surface area contributed by atoms with E-state index >= 15 is 0 Å². The predicted octanol–water partition coefficient (Wildman–Crippen LogP) is 5.65. The van der Waals surface area contributed by atoms with Crippen molar-refractivity contribution in [2.45, 2.75) is 71.1 Å². The molecule has 0 aliphatic carbocycles. The summed E-state index contributed by atoms with van der Waals surface area (Å²) in [7, 11) is -3.88. The van der Waals surface area contributed by atoms with Gasteiger partial charge in [0.2, 0.25) is 5.91 Å². The van der Waals surface area contributed by atoms with Crippen LogP contribution in [-0.2, 0) is 14.8 Å². The lowest BCUT2D eigenvalue weighted by Crippen LogP contribution is -2.42. The van der Waals surface area contributed by atoms with Gasteiger partial charge in [-0.2, -0.15) is 0 Å². The summed E-state index contributed by atoms with van der Waals surface area (Å²) in [4.78, 5) is 13.0. The highest BCUT2D eigenvalue weighted by Gasteiger charge is 2.27. The normalized spacial score (nSPS) is 12.6. The molecule has 5 nitrogen and oxygen atoms in total. The van der Waals surface area contributed by atoms with E-state index in [1.165, 1.54) is 4.31 Å². The monoisotopic (exact) mass is 458 g/mol. The van der Waals surface area contributed by atoms with Crippen molar-refractivity contribution in [2.24, 2.45) is 5.92 Å². The number of amides is 1. The number of nitrogens with zero attached hydrogens (tertiary/aromatic N) is 1. The first-order valence-electron chi connectivity index (χ1n) is 11.6. The topological polar surface area (TPSA) is 66.5 Å². The minimum absolute atomic E-state index is 0.179. The first-order chi connectivity index (χ1) is 15.2. The summed E-state index contributed by atoms with van der Waals surface area (Å²) >= 11 is 0. The number of unbranched alkanes of at least 4 members (excludes halogenated alkanes) is 1. The number of sulfonamides is 1. The summed E-state index contributed by atoms with van der Waals surface area (Å²) in [6, 6.07) is 14.1. The average Bonchev–Trinajstić information content (AvgIpc) is 2.78. The van der Waals surface area contributed by atoms with Crippen LogP contribution in [0, 0.1) is 12.8 Å². The van der Waals surface area contributed by atoms with Crippen LogP contribution in [0.25, 0.3) is 0 Å². The van der Waals surface area contributed by atoms with E-state index in [-0.39, 0.29) is 17.3 Å². The number of benzene rings is 2. The van der Waals surface area contributed by atoms with Crippen molar-refractivity contribution in [3.63, 3.8) is 0 Å². The molecular formula is C26H38N2O3S. The summed E-state index contributed by atoms with van der Waals surface area (Å²) in [6.07, 6.45) is 4.31. The van der Waals surface area contributed by atoms with Crippen molar-refractivity contribution < 1.29 is 13.2 Å². The van der Waals surface area contributed by atoms with Crippen LogP contribution in [0.3, 0.4) is 0 Å². The number of anilines is 1. The molecule has 0 aliphatic heterocycles. The molecule has 6 heteroatoms. The second kappa shape index (κ2) is 12.0. The van der Waals surface area contributed by atoms with Gasteiger partial charge in [-0.25, -0.2) is 8.42 Å². The molecule has 1 amide bonds. The van der Waals surface area contributed by atoms with Gasteiger partial charge in [0.1, 0.15) is 6.54 Å². The fraction of sp³-hybridized carbons (Fsp3) is 0.500. The maximum atomic E-state index is 13.5. The zero-order valence-corrected chi connectivity index (χ0v) is 20.9. The van der Waals surface area contributed by atoms with Gasteiger partial charge in [0.15, 0.2) is 0 Å². The Balaban J connectivity index is 2.28. The van der Waals surface area contributed by atoms with Crippen LogP contribution in [0.1, 0.15) is 70.4 Å². The molecule has 0 unspecified atom stereocenters. The van der Waals surface area contributed by atoms with Crippen molar-refractivity contribution in [1.82, 2.24) is 5.32 Å². The van der Waals surface area contributed by atoms with Crippen molar-refractivity contribution in [3.8, 4) is 0 Å². The van der Waals surface area contributed by atoms with Gasteiger partial charge in [-0.15, -0.1) is 0 Å². The zero-order valence-electron chi connectivity index (χ0n) is 20.1. The predicted molar refractivity (Wildman–Crippen MR) is 133 cm³/mol. The molecule has 0 saturated heterocycles. The van der Waals surface area contributed by atoms with Crippen molar-refractivity contribution in [2.75, 3.05) is 17.4 Å². The number of hydrogen-bond donors (Lipinski definition) is 1. The Hall–Kier alpha value is -2.34. The van der Waals surface area contributed by atoms with Crippen LogP contribution in [0.5, 0.6) is 0 Å². The Morgan fingerprint density at radius 2 is 1.62 bits per heavy atom. The SMILES string of the molecule is CCCC[C@@H](CC)CNC(=O)CN(c1ccc(C(C)C)cc1)S(=O)(=O)c1ccc(C)cc1. The minimum Gasteiger partial charge on any atom is -0.354 e. The molecule has 0 spiro atoms. The third-order valence-corrected chi connectivity index (χ3v) is 7.66. The molecule has 2 rings (SSSR count). The fourth-order valence-electron chi connectivity index (χ4n) is 3.57. The molecule has 176 valence electrons. The van der Waals surface area contributed by atoms with Crippen molar-refractivity contribution >= 4 is 21.6 Å². The molecule has 1 N–H and O–H groups in total. The van der Waals surface area contributed by atoms with E-state index in [9.17, 15) is 13.2 Å². The summed E-state index contributed by atoms with van der Waals surface area (Å²) < 4.78 is 28.2. The van der Waals surface area contributed by atoms with E-state index < -0.39 is 10.0 Å². The van der Waals surface area contributed by atoms with E-state index in [0.717, 1.165) is 36.8 Å². The molecule has 2 aromatic rings. The van der Waals surface area contributed by atoms with E-state index in [1.807, 2.05) is 19.1 Å². The molecule has 32 heavy (non-hydrogen) atoms. The smallest absolute Gasteiger partial charge is 0.264 e. The highest BCUT2D eigenvalue weighted by Crippen LogP contribution is 2.26. The maximum Gasteiger partial charge on any atom is 0.264 e. The second-order valence-corrected chi connectivity index (χ2v) is 10.7. The van der Waals surface area contributed by atoms with Gasteiger partial charge in [0.25, 0.3) is 10.0 Å². The Labute approximate surface area is 194 Å². The van der Waals surface area contributed by atoms with Crippen LogP contribution < -0.4 is 9.62 Å². The molecule has 0 fully saturated rings. The van der Waals surface area contributed by atoms with Gasteiger partial charge in [0.05, 0.1) is 10.6 Å². The van der Waals surface area contributed by atoms with Crippen molar-refractivity contribution in [1.29, 1.82) is 0 Å². The quantitative estimate of drug-likeness (QED) is 0.447. The standard InChI is InChI=1S/C26H38N2O3S/c1-6-8-9-22(7-2)18-27-26(29)19-28(24-14-12-23(13-15-24)20(3)4)32(30,31)25-16-10-21(5)11-17-25/h10-17,20,22H,6-9,18-19H2,1-5H3,(H,27,29)/t22-/m1/s1. The molecule has 2 aromatic carbocycles. The molecule has 0 heterocycles. The largest absolute Gasteiger partial charge is 0.354 e. The van der Waals surface area contributed by atoms with Crippen LogP contribution in [-0.4, -0.2) is 27.4 Å².